The summed E-state index contributed by atoms with van der Waals surface area (Å²) >= 11 is 5.56. The minimum atomic E-state index is 0.722. The lowest BCUT2D eigenvalue weighted by Crippen LogP contribution is -1.78. The zero-order valence-corrected chi connectivity index (χ0v) is 7.70. The van der Waals surface area contributed by atoms with E-state index >= 15 is 0 Å². The van der Waals surface area contributed by atoms with Crippen LogP contribution in [0.4, 0.5) is 0 Å². The average Bonchev–Trinajstić information content (AvgIpc) is 1.88. The average molecular weight is 159 g/mol. The van der Waals surface area contributed by atoms with Crippen LogP contribution in [0, 0.1) is 0 Å². The normalized spacial score (nSPS) is 14.0. The van der Waals surface area contributed by atoms with Crippen LogP contribution in [0.5, 0.6) is 0 Å². The summed E-state index contributed by atoms with van der Waals surface area (Å²) in [6.07, 6.45) is 5.26. The third-order valence-corrected chi connectivity index (χ3v) is 1.61. The fraction of sp³-hybridized carbons (Fsp3) is 0.556. The fourth-order valence-electron chi connectivity index (χ4n) is 0.693. The van der Waals surface area contributed by atoms with Crippen molar-refractivity contribution in [2.24, 2.45) is 0 Å². The van der Waals surface area contributed by atoms with Gasteiger partial charge in [-0.2, -0.15) is 0 Å². The van der Waals surface area contributed by atoms with Crippen molar-refractivity contribution < 1.29 is 0 Å². The first-order valence-corrected chi connectivity index (χ1v) is 4.10. The number of allylic oxidation sites excluding steroid dienone is 4. The van der Waals surface area contributed by atoms with Crippen molar-refractivity contribution in [3.05, 3.63) is 23.3 Å². The molecule has 0 aromatic heterocycles. The number of rotatable bonds is 3. The van der Waals surface area contributed by atoms with Gasteiger partial charge in [0.05, 0.1) is 0 Å². The second-order valence-corrected chi connectivity index (χ2v) is 2.84. The summed E-state index contributed by atoms with van der Waals surface area (Å²) in [6, 6.07) is 0. The molecule has 0 fully saturated rings. The Morgan fingerprint density at radius 3 is 2.40 bits per heavy atom. The first-order valence-electron chi connectivity index (χ1n) is 3.56. The van der Waals surface area contributed by atoms with Crippen LogP contribution in [0.3, 0.4) is 0 Å². The molecule has 0 nitrogen and oxygen atoms in total. The number of alkyl halides is 1. The van der Waals surface area contributed by atoms with Gasteiger partial charge in [-0.3, -0.25) is 0 Å². The van der Waals surface area contributed by atoms with Crippen LogP contribution in [0.1, 0.15) is 27.2 Å². The van der Waals surface area contributed by atoms with Gasteiger partial charge in [0.15, 0.2) is 0 Å². The summed E-state index contributed by atoms with van der Waals surface area (Å²) in [5, 5.41) is 0. The Bertz CT molecular complexity index is 143. The molecular formula is C9H15Cl. The molecule has 0 saturated carbocycles. The largest absolute Gasteiger partial charge is 0.126 e. The zero-order chi connectivity index (χ0) is 7.98. The van der Waals surface area contributed by atoms with Gasteiger partial charge in [0.1, 0.15) is 0 Å². The summed E-state index contributed by atoms with van der Waals surface area (Å²) in [6.45, 7) is 6.24. The molecule has 0 heterocycles. The van der Waals surface area contributed by atoms with E-state index in [1.807, 2.05) is 6.92 Å². The van der Waals surface area contributed by atoms with Gasteiger partial charge < -0.3 is 0 Å². The number of halogens is 1. The molecule has 0 unspecified atom stereocenters. The molecule has 1 heteroatoms. The molecule has 0 atom stereocenters. The van der Waals surface area contributed by atoms with Gasteiger partial charge in [-0.1, -0.05) is 23.3 Å². The monoisotopic (exact) mass is 158 g/mol. The van der Waals surface area contributed by atoms with Gasteiger partial charge in [0.25, 0.3) is 0 Å². The minimum Gasteiger partial charge on any atom is -0.126 e. The summed E-state index contributed by atoms with van der Waals surface area (Å²) in [5.74, 6) is 0.722. The summed E-state index contributed by atoms with van der Waals surface area (Å²) in [5.41, 5.74) is 2.66. The lowest BCUT2D eigenvalue weighted by molar-refractivity contribution is 1.10. The molecule has 0 spiro atoms. The van der Waals surface area contributed by atoms with Crippen molar-refractivity contribution in [2.75, 3.05) is 5.88 Å². The van der Waals surface area contributed by atoms with E-state index in [1.165, 1.54) is 11.1 Å². The lowest BCUT2D eigenvalue weighted by atomic mass is 10.1. The molecular weight excluding hydrogens is 144 g/mol. The first-order chi connectivity index (χ1) is 4.70. The zero-order valence-electron chi connectivity index (χ0n) is 6.95. The molecule has 0 aromatic rings. The van der Waals surface area contributed by atoms with Gasteiger partial charge in [-0.25, -0.2) is 0 Å². The van der Waals surface area contributed by atoms with Gasteiger partial charge >= 0.3 is 0 Å². The van der Waals surface area contributed by atoms with Gasteiger partial charge in [-0.15, -0.1) is 11.6 Å². The molecule has 0 amide bonds. The maximum absolute atomic E-state index is 5.56. The third kappa shape index (κ3) is 4.63. The van der Waals surface area contributed by atoms with Crippen LogP contribution in [-0.4, -0.2) is 5.88 Å². The Labute approximate surface area is 68.6 Å². The topological polar surface area (TPSA) is 0 Å². The van der Waals surface area contributed by atoms with Crippen LogP contribution in [0.25, 0.3) is 0 Å². The predicted molar refractivity (Wildman–Crippen MR) is 48.5 cm³/mol. The Kier molecular flexibility index (Phi) is 5.42. The SMILES string of the molecule is C/C=C(C)\C=C(\C)CCCl. The number of hydrogen-bond donors (Lipinski definition) is 0. The fourth-order valence-corrected chi connectivity index (χ4v) is 0.991. The lowest BCUT2D eigenvalue weighted by Gasteiger charge is -1.95. The van der Waals surface area contributed by atoms with Crippen molar-refractivity contribution in [3.63, 3.8) is 0 Å². The van der Waals surface area contributed by atoms with E-state index in [1.54, 1.807) is 0 Å². The predicted octanol–water partition coefficient (Wildman–Crippen LogP) is 3.53. The van der Waals surface area contributed by atoms with E-state index in [0.29, 0.717) is 0 Å². The molecule has 0 N–H and O–H groups in total. The minimum absolute atomic E-state index is 0.722. The Hall–Kier alpha value is -0.230. The van der Waals surface area contributed by atoms with Gasteiger partial charge in [0, 0.05) is 5.88 Å². The standard InChI is InChI=1S/C9H15Cl/c1-4-8(2)7-9(3)5-6-10/h4,7H,5-6H2,1-3H3/b8-4-,9-7-. The second kappa shape index (κ2) is 5.55. The Balaban J connectivity index is 3.90. The highest BCUT2D eigenvalue weighted by atomic mass is 35.5. The van der Waals surface area contributed by atoms with Crippen molar-refractivity contribution in [1.29, 1.82) is 0 Å². The van der Waals surface area contributed by atoms with Crippen LogP contribution < -0.4 is 0 Å². The second-order valence-electron chi connectivity index (χ2n) is 2.46. The van der Waals surface area contributed by atoms with Crippen molar-refractivity contribution in [1.82, 2.24) is 0 Å². The first kappa shape index (κ1) is 9.77. The van der Waals surface area contributed by atoms with E-state index in [0.717, 1.165) is 12.3 Å². The highest BCUT2D eigenvalue weighted by Crippen LogP contribution is 2.05. The Morgan fingerprint density at radius 1 is 1.40 bits per heavy atom. The molecule has 0 aliphatic heterocycles. The van der Waals surface area contributed by atoms with Crippen LogP contribution in [0.15, 0.2) is 23.3 Å². The molecule has 0 aromatic carbocycles. The van der Waals surface area contributed by atoms with Crippen molar-refractivity contribution in [2.45, 2.75) is 27.2 Å². The Morgan fingerprint density at radius 2 is 2.00 bits per heavy atom. The smallest absolute Gasteiger partial charge is 0.0260 e. The van der Waals surface area contributed by atoms with E-state index in [2.05, 4.69) is 26.0 Å². The number of hydrogen-bond acceptors (Lipinski definition) is 0. The van der Waals surface area contributed by atoms with E-state index in [-0.39, 0.29) is 0 Å². The van der Waals surface area contributed by atoms with Crippen molar-refractivity contribution >= 4 is 11.6 Å². The van der Waals surface area contributed by atoms with Gasteiger partial charge in [-0.05, 0) is 27.2 Å². The molecule has 0 bridgehead atoms. The van der Waals surface area contributed by atoms with Crippen LogP contribution in [-0.2, 0) is 0 Å². The molecule has 0 saturated heterocycles. The maximum atomic E-state index is 5.56. The summed E-state index contributed by atoms with van der Waals surface area (Å²) in [7, 11) is 0. The summed E-state index contributed by atoms with van der Waals surface area (Å²) < 4.78 is 0. The van der Waals surface area contributed by atoms with Crippen LogP contribution in [0.2, 0.25) is 0 Å². The maximum Gasteiger partial charge on any atom is 0.0260 e. The highest BCUT2D eigenvalue weighted by Gasteiger charge is 1.87. The van der Waals surface area contributed by atoms with E-state index in [9.17, 15) is 0 Å². The van der Waals surface area contributed by atoms with E-state index in [4.69, 9.17) is 11.6 Å². The van der Waals surface area contributed by atoms with Crippen LogP contribution >= 0.6 is 11.6 Å². The third-order valence-electron chi connectivity index (χ3n) is 1.42. The molecule has 0 rings (SSSR count). The van der Waals surface area contributed by atoms with Gasteiger partial charge in [0.2, 0.25) is 0 Å². The quantitative estimate of drug-likeness (QED) is 0.436. The molecule has 0 radical (unpaired) electrons. The highest BCUT2D eigenvalue weighted by molar-refractivity contribution is 6.17. The molecule has 58 valence electrons. The molecule has 10 heavy (non-hydrogen) atoms. The van der Waals surface area contributed by atoms with E-state index < -0.39 is 0 Å². The molecule has 0 aliphatic carbocycles. The van der Waals surface area contributed by atoms with Crippen molar-refractivity contribution in [3.8, 4) is 0 Å². The summed E-state index contributed by atoms with van der Waals surface area (Å²) in [4.78, 5) is 0. The molecule has 0 aliphatic rings.